The van der Waals surface area contributed by atoms with Gasteiger partial charge in [0.25, 0.3) is 0 Å². The summed E-state index contributed by atoms with van der Waals surface area (Å²) in [6, 6.07) is 77.3. The number of fused-ring (bicyclic) bond motifs is 12. The van der Waals surface area contributed by atoms with Crippen LogP contribution in [0.5, 0.6) is 0 Å². The van der Waals surface area contributed by atoms with Gasteiger partial charge in [0.1, 0.15) is 11.4 Å². The second-order valence-corrected chi connectivity index (χ2v) is 23.6. The molecular formula is C78H53FN8. The Hall–Kier alpha value is -11.3. The van der Waals surface area contributed by atoms with Crippen molar-refractivity contribution in [3.63, 3.8) is 0 Å². The molecule has 0 amide bonds. The smallest absolute Gasteiger partial charge is 0.175 e. The summed E-state index contributed by atoms with van der Waals surface area (Å²) in [5, 5.41) is 8.23. The molecule has 9 aromatic carbocycles. The molecule has 0 aliphatic rings. The van der Waals surface area contributed by atoms with Gasteiger partial charge in [-0.2, -0.15) is 0 Å². The maximum atomic E-state index is 21.4. The van der Waals surface area contributed by atoms with Gasteiger partial charge in [-0.15, -0.1) is 0 Å². The number of para-hydroxylation sites is 4. The molecule has 8 nitrogen and oxygen atoms in total. The number of nitrogens with zero attached hydrogens (tertiary/aromatic N) is 8. The predicted octanol–water partition coefficient (Wildman–Crippen LogP) is 19.8. The Balaban J connectivity index is 1.14. The molecule has 0 saturated carbocycles. The van der Waals surface area contributed by atoms with Gasteiger partial charge in [-0.05, 0) is 171 Å². The Morgan fingerprint density at radius 1 is 0.253 bits per heavy atom. The first-order valence-corrected chi connectivity index (χ1v) is 29.4. The van der Waals surface area contributed by atoms with Crippen molar-refractivity contribution in [2.75, 3.05) is 0 Å². The van der Waals surface area contributed by atoms with E-state index in [4.69, 9.17) is 0 Å². The van der Waals surface area contributed by atoms with E-state index in [1.165, 1.54) is 0 Å². The van der Waals surface area contributed by atoms with Gasteiger partial charge in [0.05, 0.1) is 55.5 Å². The first-order chi connectivity index (χ1) is 42.8. The van der Waals surface area contributed by atoms with Crippen molar-refractivity contribution in [2.24, 2.45) is 0 Å². The third-order valence-corrected chi connectivity index (χ3v) is 17.7. The van der Waals surface area contributed by atoms with Gasteiger partial charge in [-0.25, -0.2) is 4.39 Å². The first-order valence-electron chi connectivity index (χ1n) is 29.4. The Morgan fingerprint density at radius 2 is 0.483 bits per heavy atom. The first kappa shape index (κ1) is 50.2. The van der Waals surface area contributed by atoms with Crippen molar-refractivity contribution < 1.29 is 4.39 Å². The summed E-state index contributed by atoms with van der Waals surface area (Å²) >= 11 is 0. The van der Waals surface area contributed by atoms with Gasteiger partial charge in [-0.3, -0.25) is 19.9 Å². The van der Waals surface area contributed by atoms with E-state index in [0.717, 1.165) is 149 Å². The van der Waals surface area contributed by atoms with Crippen molar-refractivity contribution in [3.05, 3.63) is 279 Å². The average Bonchev–Trinajstić information content (AvgIpc) is 1.72. The fraction of sp³-hybridized carbons (Fsp3) is 0.0513. The van der Waals surface area contributed by atoms with Crippen LogP contribution in [-0.4, -0.2) is 38.2 Å². The van der Waals surface area contributed by atoms with Crippen molar-refractivity contribution in [1.82, 2.24) is 38.2 Å². The molecule has 8 heterocycles. The van der Waals surface area contributed by atoms with Gasteiger partial charge in [0.2, 0.25) is 0 Å². The second-order valence-electron chi connectivity index (χ2n) is 23.6. The molecular weight excluding hydrogens is 1070 g/mol. The van der Waals surface area contributed by atoms with Crippen molar-refractivity contribution in [1.29, 1.82) is 0 Å². The van der Waals surface area contributed by atoms with E-state index in [2.05, 4.69) is 277 Å². The van der Waals surface area contributed by atoms with Gasteiger partial charge < -0.3 is 18.3 Å². The van der Waals surface area contributed by atoms with E-state index < -0.39 is 5.41 Å². The molecule has 0 aliphatic heterocycles. The highest BCUT2D eigenvalue weighted by Crippen LogP contribution is 2.52. The quantitative estimate of drug-likeness (QED) is 0.152. The SMILES string of the molecule is CC(C)(C)c1c(-n2c3ccc(-c4ccncc4)cc3c3cc(-c4ccncc4)ccc32)c(-n2c3ccccc3c3ccccc32)c(F)c(-n2c3ccccc3c3ccccc32)c1-n1c2ccc(-c3ccncc3)cc2c2cc(-c3ccncc3)ccc21. The second kappa shape index (κ2) is 19.4. The minimum Gasteiger partial charge on any atom is -0.307 e. The lowest BCUT2D eigenvalue weighted by atomic mass is 9.82. The van der Waals surface area contributed by atoms with Crippen LogP contribution < -0.4 is 0 Å². The van der Waals surface area contributed by atoms with Crippen LogP contribution in [0.4, 0.5) is 4.39 Å². The summed E-state index contributed by atoms with van der Waals surface area (Å²) in [5.74, 6) is -0.375. The fourth-order valence-corrected chi connectivity index (χ4v) is 14.0. The highest BCUT2D eigenvalue weighted by molar-refractivity contribution is 6.16. The zero-order valence-corrected chi connectivity index (χ0v) is 47.9. The number of halogens is 1. The average molecular weight is 1120 g/mol. The van der Waals surface area contributed by atoms with Crippen LogP contribution in [-0.2, 0) is 5.41 Å². The molecule has 0 spiro atoms. The molecule has 0 fully saturated rings. The molecule has 17 aromatic rings. The lowest BCUT2D eigenvalue weighted by molar-refractivity contribution is 0.571. The lowest BCUT2D eigenvalue weighted by Crippen LogP contribution is -2.24. The van der Waals surface area contributed by atoms with Crippen LogP contribution in [0.15, 0.2) is 268 Å². The van der Waals surface area contributed by atoms with Crippen LogP contribution in [0.2, 0.25) is 0 Å². The predicted molar refractivity (Wildman–Crippen MR) is 355 cm³/mol. The van der Waals surface area contributed by atoms with E-state index in [-0.39, 0.29) is 5.82 Å². The number of pyridine rings is 4. The lowest BCUT2D eigenvalue weighted by Gasteiger charge is -2.33. The molecule has 8 aromatic heterocycles. The molecule has 0 atom stereocenters. The highest BCUT2D eigenvalue weighted by atomic mass is 19.1. The number of hydrogen-bond donors (Lipinski definition) is 0. The van der Waals surface area contributed by atoms with E-state index in [1.54, 1.807) is 0 Å². The Bertz CT molecular complexity index is 4980. The number of hydrogen-bond acceptors (Lipinski definition) is 4. The van der Waals surface area contributed by atoms with Crippen LogP contribution in [0, 0.1) is 5.82 Å². The summed E-state index contributed by atoms with van der Waals surface area (Å²) in [7, 11) is 0. The molecule has 0 bridgehead atoms. The van der Waals surface area contributed by atoms with Crippen molar-refractivity contribution in [2.45, 2.75) is 26.2 Å². The topological polar surface area (TPSA) is 71.3 Å². The van der Waals surface area contributed by atoms with E-state index in [0.29, 0.717) is 11.4 Å². The van der Waals surface area contributed by atoms with Gasteiger partial charge in [-0.1, -0.05) is 118 Å². The maximum absolute atomic E-state index is 21.4. The minimum atomic E-state index is -0.715. The fourth-order valence-electron chi connectivity index (χ4n) is 14.0. The maximum Gasteiger partial charge on any atom is 0.175 e. The Morgan fingerprint density at radius 3 is 0.736 bits per heavy atom. The standard InChI is InChI=1S/C78H53FN8/c1-78(2,3)72-74(84-68-24-20-52(48-28-36-80-37-29-48)44-60(68)61-45-53(21-25-69(61)84)49-30-38-81-39-31-49)76(86-64-16-8-4-12-56(64)57-13-5-9-17-65(57)86)73(79)77(87-66-18-10-6-14-58(66)59-15-7-11-19-67(59)87)75(72)85-70-26-22-54(50-32-40-82-41-33-50)46-62(70)63-47-55(23-27-71(63)85)51-34-42-83-43-35-51/h4-47H,1-3H3. The third-order valence-electron chi connectivity index (χ3n) is 17.7. The summed E-state index contributed by atoms with van der Waals surface area (Å²) in [6.07, 6.45) is 14.7. The van der Waals surface area contributed by atoms with Crippen LogP contribution >= 0.6 is 0 Å². The van der Waals surface area contributed by atoms with Crippen LogP contribution in [0.3, 0.4) is 0 Å². The number of rotatable bonds is 8. The monoisotopic (exact) mass is 1120 g/mol. The summed E-state index contributed by atoms with van der Waals surface area (Å²) < 4.78 is 30.6. The van der Waals surface area contributed by atoms with Gasteiger partial charge >= 0.3 is 0 Å². The van der Waals surface area contributed by atoms with Crippen molar-refractivity contribution >= 4 is 87.2 Å². The van der Waals surface area contributed by atoms with E-state index in [1.807, 2.05) is 49.6 Å². The molecule has 0 radical (unpaired) electrons. The number of benzene rings is 9. The molecule has 9 heteroatoms. The number of aromatic nitrogens is 8. The van der Waals surface area contributed by atoms with Crippen LogP contribution in [0.25, 0.3) is 154 Å². The molecule has 17 rings (SSSR count). The Labute approximate surface area is 500 Å². The van der Waals surface area contributed by atoms with E-state index in [9.17, 15) is 0 Å². The molecule has 0 saturated heterocycles. The third kappa shape index (κ3) is 7.68. The molecule has 412 valence electrons. The molecule has 0 unspecified atom stereocenters. The zero-order valence-electron chi connectivity index (χ0n) is 47.9. The molecule has 87 heavy (non-hydrogen) atoms. The van der Waals surface area contributed by atoms with Gasteiger partial charge in [0, 0.05) is 98.2 Å². The summed E-state index contributed by atoms with van der Waals surface area (Å²) in [4.78, 5) is 17.6. The highest BCUT2D eigenvalue weighted by Gasteiger charge is 2.38. The van der Waals surface area contributed by atoms with Gasteiger partial charge in [0.15, 0.2) is 5.82 Å². The summed E-state index contributed by atoms with van der Waals surface area (Å²) in [5.41, 5.74) is 18.3. The van der Waals surface area contributed by atoms with Crippen LogP contribution in [0.1, 0.15) is 26.3 Å². The Kier molecular flexibility index (Phi) is 11.2. The summed E-state index contributed by atoms with van der Waals surface area (Å²) in [6.45, 7) is 6.89. The molecule has 0 aliphatic carbocycles. The van der Waals surface area contributed by atoms with E-state index >= 15 is 4.39 Å². The zero-order chi connectivity index (χ0) is 58.1. The minimum absolute atomic E-state index is 0.375. The normalized spacial score (nSPS) is 12.1. The molecule has 0 N–H and O–H groups in total. The largest absolute Gasteiger partial charge is 0.307 e. The van der Waals surface area contributed by atoms with Crippen molar-refractivity contribution in [3.8, 4) is 67.3 Å².